The van der Waals surface area contributed by atoms with Crippen molar-refractivity contribution in [3.05, 3.63) is 29.8 Å². The quantitative estimate of drug-likeness (QED) is 0.581. The van der Waals surface area contributed by atoms with Crippen LogP contribution in [0.3, 0.4) is 0 Å². The molecule has 0 saturated heterocycles. The molecular weight excluding hydrogens is 214 g/mol. The van der Waals surface area contributed by atoms with Crippen LogP contribution in [-0.4, -0.2) is 19.1 Å². The highest BCUT2D eigenvalue weighted by Crippen LogP contribution is 2.12. The molecule has 0 aliphatic rings. The lowest BCUT2D eigenvalue weighted by molar-refractivity contribution is 0.0526. The fraction of sp³-hybridized carbons (Fsp3) is 0.500. The molecule has 0 aromatic heterocycles. The van der Waals surface area contributed by atoms with Crippen LogP contribution >= 0.6 is 0 Å². The summed E-state index contributed by atoms with van der Waals surface area (Å²) in [5, 5.41) is 3.31. The summed E-state index contributed by atoms with van der Waals surface area (Å²) < 4.78 is 4.96. The van der Waals surface area contributed by atoms with Crippen LogP contribution in [0.15, 0.2) is 24.3 Å². The minimum Gasteiger partial charge on any atom is -0.462 e. The maximum atomic E-state index is 11.5. The number of benzene rings is 1. The van der Waals surface area contributed by atoms with Crippen molar-refractivity contribution in [2.24, 2.45) is 0 Å². The minimum absolute atomic E-state index is 0.260. The van der Waals surface area contributed by atoms with Crippen LogP contribution < -0.4 is 5.32 Å². The Balaban J connectivity index is 2.50. The molecule has 1 rings (SSSR count). The molecule has 1 aromatic carbocycles. The predicted molar refractivity (Wildman–Crippen MR) is 70.4 cm³/mol. The number of ether oxygens (including phenoxy) is 1. The van der Waals surface area contributed by atoms with Crippen molar-refractivity contribution in [2.75, 3.05) is 18.5 Å². The molecule has 0 aliphatic heterocycles. The van der Waals surface area contributed by atoms with Crippen LogP contribution in [0, 0.1) is 0 Å². The van der Waals surface area contributed by atoms with Gasteiger partial charge in [-0.15, -0.1) is 0 Å². The molecule has 3 heteroatoms. The van der Waals surface area contributed by atoms with E-state index in [0.717, 1.165) is 18.7 Å². The topological polar surface area (TPSA) is 38.3 Å². The predicted octanol–water partition coefficient (Wildman–Crippen LogP) is 3.47. The summed E-state index contributed by atoms with van der Waals surface area (Å²) in [4.78, 5) is 11.5. The van der Waals surface area contributed by atoms with Gasteiger partial charge in [-0.1, -0.05) is 25.8 Å². The third-order valence-electron chi connectivity index (χ3n) is 2.48. The van der Waals surface area contributed by atoms with Gasteiger partial charge in [-0.3, -0.25) is 0 Å². The van der Waals surface area contributed by atoms with Crippen LogP contribution in [0.2, 0.25) is 0 Å². The van der Waals surface area contributed by atoms with Crippen LogP contribution in [0.1, 0.15) is 43.5 Å². The smallest absolute Gasteiger partial charge is 0.338 e. The van der Waals surface area contributed by atoms with E-state index in [1.54, 1.807) is 6.07 Å². The molecule has 0 atom stereocenters. The second-order valence-electron chi connectivity index (χ2n) is 3.94. The molecule has 0 spiro atoms. The van der Waals surface area contributed by atoms with Crippen molar-refractivity contribution in [3.8, 4) is 0 Å². The first kappa shape index (κ1) is 13.6. The molecule has 1 N–H and O–H groups in total. The zero-order valence-corrected chi connectivity index (χ0v) is 10.7. The number of rotatable bonds is 7. The fourth-order valence-electron chi connectivity index (χ4n) is 1.58. The summed E-state index contributed by atoms with van der Waals surface area (Å²) in [5.41, 5.74) is 1.58. The van der Waals surface area contributed by atoms with Crippen LogP contribution in [0.4, 0.5) is 5.69 Å². The maximum absolute atomic E-state index is 11.5. The first-order chi connectivity index (χ1) is 8.27. The summed E-state index contributed by atoms with van der Waals surface area (Å²) in [6, 6.07) is 7.45. The second kappa shape index (κ2) is 7.71. The van der Waals surface area contributed by atoms with Gasteiger partial charge in [0, 0.05) is 12.2 Å². The van der Waals surface area contributed by atoms with Gasteiger partial charge in [0.15, 0.2) is 0 Å². The Hall–Kier alpha value is -1.51. The van der Waals surface area contributed by atoms with Crippen molar-refractivity contribution in [2.45, 2.75) is 33.1 Å². The standard InChI is InChI=1S/C14H21NO2/c1-3-5-6-10-15-13-9-7-8-12(11-13)14(16)17-4-2/h7-9,11,15H,3-6,10H2,1-2H3. The van der Waals surface area contributed by atoms with Crippen molar-refractivity contribution in [3.63, 3.8) is 0 Å². The summed E-state index contributed by atoms with van der Waals surface area (Å²) in [5.74, 6) is -0.260. The van der Waals surface area contributed by atoms with Gasteiger partial charge in [0.05, 0.1) is 12.2 Å². The van der Waals surface area contributed by atoms with Crippen molar-refractivity contribution < 1.29 is 9.53 Å². The zero-order valence-electron chi connectivity index (χ0n) is 10.7. The number of carbonyl (C=O) groups excluding carboxylic acids is 1. The first-order valence-electron chi connectivity index (χ1n) is 6.29. The van der Waals surface area contributed by atoms with E-state index in [1.165, 1.54) is 12.8 Å². The number of anilines is 1. The minimum atomic E-state index is -0.260. The molecule has 94 valence electrons. The average Bonchev–Trinajstić information content (AvgIpc) is 2.35. The van der Waals surface area contributed by atoms with E-state index in [4.69, 9.17) is 4.74 Å². The van der Waals surface area contributed by atoms with E-state index in [-0.39, 0.29) is 5.97 Å². The number of esters is 1. The molecular formula is C14H21NO2. The third kappa shape index (κ3) is 4.89. The molecule has 17 heavy (non-hydrogen) atoms. The molecule has 0 fully saturated rings. The van der Waals surface area contributed by atoms with Gasteiger partial charge in [-0.25, -0.2) is 4.79 Å². The lowest BCUT2D eigenvalue weighted by Gasteiger charge is -2.07. The monoisotopic (exact) mass is 235 g/mol. The van der Waals surface area contributed by atoms with E-state index in [0.29, 0.717) is 12.2 Å². The Morgan fingerprint density at radius 1 is 1.29 bits per heavy atom. The van der Waals surface area contributed by atoms with E-state index in [9.17, 15) is 4.79 Å². The fourth-order valence-corrected chi connectivity index (χ4v) is 1.58. The Labute approximate surface area is 103 Å². The molecule has 0 aliphatic carbocycles. The number of unbranched alkanes of at least 4 members (excludes halogenated alkanes) is 2. The number of carbonyl (C=O) groups is 1. The van der Waals surface area contributed by atoms with E-state index < -0.39 is 0 Å². The van der Waals surface area contributed by atoms with E-state index >= 15 is 0 Å². The molecule has 0 radical (unpaired) electrons. The van der Waals surface area contributed by atoms with E-state index in [1.807, 2.05) is 25.1 Å². The third-order valence-corrected chi connectivity index (χ3v) is 2.48. The largest absolute Gasteiger partial charge is 0.462 e. The van der Waals surface area contributed by atoms with Gasteiger partial charge in [-0.05, 0) is 31.5 Å². The molecule has 0 unspecified atom stereocenters. The molecule has 0 bridgehead atoms. The number of hydrogen-bond donors (Lipinski definition) is 1. The molecule has 1 aromatic rings. The normalized spacial score (nSPS) is 10.0. The van der Waals surface area contributed by atoms with Crippen molar-refractivity contribution >= 4 is 11.7 Å². The molecule has 0 heterocycles. The van der Waals surface area contributed by atoms with Gasteiger partial charge in [0.2, 0.25) is 0 Å². The molecule has 0 amide bonds. The van der Waals surface area contributed by atoms with Gasteiger partial charge in [0.1, 0.15) is 0 Å². The van der Waals surface area contributed by atoms with Crippen molar-refractivity contribution in [1.82, 2.24) is 0 Å². The first-order valence-corrected chi connectivity index (χ1v) is 6.29. The van der Waals surface area contributed by atoms with Gasteiger partial charge in [-0.2, -0.15) is 0 Å². The van der Waals surface area contributed by atoms with Gasteiger partial charge in [0.25, 0.3) is 0 Å². The van der Waals surface area contributed by atoms with Crippen molar-refractivity contribution in [1.29, 1.82) is 0 Å². The van der Waals surface area contributed by atoms with Gasteiger partial charge < -0.3 is 10.1 Å². The highest BCUT2D eigenvalue weighted by atomic mass is 16.5. The number of nitrogens with one attached hydrogen (secondary N) is 1. The molecule has 3 nitrogen and oxygen atoms in total. The second-order valence-corrected chi connectivity index (χ2v) is 3.94. The lowest BCUT2D eigenvalue weighted by atomic mass is 10.2. The average molecular weight is 235 g/mol. The summed E-state index contributed by atoms with van der Waals surface area (Å²) in [6.07, 6.45) is 3.59. The lowest BCUT2D eigenvalue weighted by Crippen LogP contribution is -2.06. The Bertz CT molecular complexity index is 350. The van der Waals surface area contributed by atoms with E-state index in [2.05, 4.69) is 12.2 Å². The summed E-state index contributed by atoms with van der Waals surface area (Å²) in [7, 11) is 0. The highest BCUT2D eigenvalue weighted by Gasteiger charge is 2.06. The van der Waals surface area contributed by atoms with Gasteiger partial charge >= 0.3 is 5.97 Å². The number of hydrogen-bond acceptors (Lipinski definition) is 3. The summed E-state index contributed by atoms with van der Waals surface area (Å²) >= 11 is 0. The SMILES string of the molecule is CCCCCNc1cccc(C(=O)OCC)c1. The summed E-state index contributed by atoms with van der Waals surface area (Å²) in [6.45, 7) is 5.35. The Kier molecular flexibility index (Phi) is 6.15. The molecule has 0 saturated carbocycles. The van der Waals surface area contributed by atoms with Crippen LogP contribution in [0.5, 0.6) is 0 Å². The zero-order chi connectivity index (χ0) is 12.5. The van der Waals surface area contributed by atoms with Crippen LogP contribution in [0.25, 0.3) is 0 Å². The maximum Gasteiger partial charge on any atom is 0.338 e. The Morgan fingerprint density at radius 3 is 2.82 bits per heavy atom. The Morgan fingerprint density at radius 2 is 2.12 bits per heavy atom. The highest BCUT2D eigenvalue weighted by molar-refractivity contribution is 5.90. The van der Waals surface area contributed by atoms with Crippen LogP contribution in [-0.2, 0) is 4.74 Å².